The zero-order chi connectivity index (χ0) is 17.2. The van der Waals surface area contributed by atoms with Crippen LogP contribution in [0.5, 0.6) is 0 Å². The SMILES string of the molecule is O=C(CC1OCCCO1)N1CCC[C@@]1(c1ccccc1)C(F)(F)F. The van der Waals surface area contributed by atoms with Gasteiger partial charge in [0.25, 0.3) is 0 Å². The Kier molecular flexibility index (Phi) is 4.83. The van der Waals surface area contributed by atoms with Gasteiger partial charge in [-0.05, 0) is 24.8 Å². The largest absolute Gasteiger partial charge is 0.415 e. The minimum Gasteiger partial charge on any atom is -0.352 e. The molecule has 0 aliphatic carbocycles. The summed E-state index contributed by atoms with van der Waals surface area (Å²) in [6.45, 7) is 1.00. The Balaban J connectivity index is 1.88. The Morgan fingerprint density at radius 1 is 1.17 bits per heavy atom. The van der Waals surface area contributed by atoms with Crippen molar-refractivity contribution in [3.8, 4) is 0 Å². The Hall–Kier alpha value is -1.60. The number of carbonyl (C=O) groups excluding carboxylic acids is 1. The molecule has 0 saturated carbocycles. The molecule has 2 fully saturated rings. The van der Waals surface area contributed by atoms with E-state index in [9.17, 15) is 18.0 Å². The molecule has 1 amide bonds. The van der Waals surface area contributed by atoms with Crippen LogP contribution in [0.4, 0.5) is 13.2 Å². The molecule has 3 rings (SSSR count). The van der Waals surface area contributed by atoms with E-state index in [0.29, 0.717) is 19.6 Å². The Bertz CT molecular complexity index is 572. The molecule has 1 aromatic carbocycles. The summed E-state index contributed by atoms with van der Waals surface area (Å²) in [5, 5.41) is 0. The molecule has 1 atom stereocenters. The van der Waals surface area contributed by atoms with Crippen LogP contribution in [0, 0.1) is 0 Å². The van der Waals surface area contributed by atoms with Crippen molar-refractivity contribution < 1.29 is 27.4 Å². The number of nitrogens with zero attached hydrogens (tertiary/aromatic N) is 1. The van der Waals surface area contributed by atoms with Gasteiger partial charge in [0.2, 0.25) is 5.91 Å². The van der Waals surface area contributed by atoms with Crippen molar-refractivity contribution in [3.05, 3.63) is 35.9 Å². The normalized spacial score (nSPS) is 25.9. The van der Waals surface area contributed by atoms with Crippen molar-refractivity contribution in [1.29, 1.82) is 0 Å². The first-order valence-electron chi connectivity index (χ1n) is 8.11. The molecule has 7 heteroatoms. The highest BCUT2D eigenvalue weighted by Crippen LogP contribution is 2.50. The molecule has 1 aromatic rings. The zero-order valence-electron chi connectivity index (χ0n) is 13.2. The molecular weight excluding hydrogens is 323 g/mol. The predicted molar refractivity (Wildman–Crippen MR) is 80.0 cm³/mol. The van der Waals surface area contributed by atoms with E-state index in [2.05, 4.69) is 0 Å². The van der Waals surface area contributed by atoms with Crippen LogP contribution >= 0.6 is 0 Å². The van der Waals surface area contributed by atoms with Crippen molar-refractivity contribution in [2.75, 3.05) is 19.8 Å². The standard InChI is InChI=1S/C17H20F3NO3/c18-17(19,20)16(13-6-2-1-3-7-13)8-4-9-21(16)14(22)12-15-23-10-5-11-24-15/h1-3,6-7,15H,4-5,8-12H2/t16-/m1/s1. The first-order valence-corrected chi connectivity index (χ1v) is 8.11. The lowest BCUT2D eigenvalue weighted by Crippen LogP contribution is -2.55. The molecule has 4 nitrogen and oxygen atoms in total. The van der Waals surface area contributed by atoms with Crippen LogP contribution in [0.2, 0.25) is 0 Å². The van der Waals surface area contributed by atoms with Crippen molar-refractivity contribution in [2.45, 2.75) is 43.7 Å². The van der Waals surface area contributed by atoms with E-state index in [1.165, 1.54) is 12.1 Å². The minimum absolute atomic E-state index is 0.0833. The maximum absolute atomic E-state index is 14.0. The number of benzene rings is 1. The highest BCUT2D eigenvalue weighted by atomic mass is 19.4. The summed E-state index contributed by atoms with van der Waals surface area (Å²) < 4.78 is 52.7. The van der Waals surface area contributed by atoms with Gasteiger partial charge in [-0.3, -0.25) is 4.79 Å². The van der Waals surface area contributed by atoms with E-state index in [0.717, 1.165) is 11.3 Å². The van der Waals surface area contributed by atoms with E-state index < -0.39 is 23.9 Å². The van der Waals surface area contributed by atoms with Crippen LogP contribution in [-0.2, 0) is 19.8 Å². The molecule has 0 unspecified atom stereocenters. The second kappa shape index (κ2) is 6.72. The van der Waals surface area contributed by atoms with Crippen molar-refractivity contribution in [1.82, 2.24) is 4.90 Å². The van der Waals surface area contributed by atoms with Gasteiger partial charge in [0.1, 0.15) is 0 Å². The average molecular weight is 343 g/mol. The summed E-state index contributed by atoms with van der Waals surface area (Å²) in [6.07, 6.45) is -4.58. The molecule has 2 aliphatic rings. The number of hydrogen-bond donors (Lipinski definition) is 0. The van der Waals surface area contributed by atoms with Gasteiger partial charge in [0, 0.05) is 6.54 Å². The highest BCUT2D eigenvalue weighted by Gasteiger charge is 2.62. The fourth-order valence-electron chi connectivity index (χ4n) is 3.54. The van der Waals surface area contributed by atoms with Crippen molar-refractivity contribution in [2.24, 2.45) is 0 Å². The van der Waals surface area contributed by atoms with Crippen molar-refractivity contribution >= 4 is 5.91 Å². The molecule has 0 aromatic heterocycles. The number of ether oxygens (including phenoxy) is 2. The fraction of sp³-hybridized carbons (Fsp3) is 0.588. The molecule has 132 valence electrons. The third kappa shape index (κ3) is 3.02. The molecule has 2 aliphatic heterocycles. The van der Waals surface area contributed by atoms with Crippen molar-refractivity contribution in [3.63, 3.8) is 0 Å². The van der Waals surface area contributed by atoms with E-state index in [1.807, 2.05) is 0 Å². The van der Waals surface area contributed by atoms with Gasteiger partial charge in [-0.1, -0.05) is 30.3 Å². The molecule has 2 heterocycles. The molecule has 0 radical (unpaired) electrons. The summed E-state index contributed by atoms with van der Waals surface area (Å²) >= 11 is 0. The summed E-state index contributed by atoms with van der Waals surface area (Å²) in [5.74, 6) is -0.583. The molecule has 24 heavy (non-hydrogen) atoms. The Morgan fingerprint density at radius 3 is 2.46 bits per heavy atom. The van der Waals surface area contributed by atoms with Gasteiger partial charge in [-0.15, -0.1) is 0 Å². The van der Waals surface area contributed by atoms with Gasteiger partial charge in [0.15, 0.2) is 11.8 Å². The van der Waals surface area contributed by atoms with Crippen LogP contribution in [0.15, 0.2) is 30.3 Å². The maximum atomic E-state index is 14.0. The Morgan fingerprint density at radius 2 is 1.83 bits per heavy atom. The molecular formula is C17H20F3NO3. The number of hydrogen-bond acceptors (Lipinski definition) is 3. The first-order chi connectivity index (χ1) is 11.4. The second-order valence-corrected chi connectivity index (χ2v) is 6.10. The first kappa shape index (κ1) is 17.2. The number of rotatable bonds is 3. The second-order valence-electron chi connectivity index (χ2n) is 6.10. The lowest BCUT2D eigenvalue weighted by molar-refractivity contribution is -0.233. The lowest BCUT2D eigenvalue weighted by atomic mass is 9.86. The number of halogens is 3. The summed E-state index contributed by atoms with van der Waals surface area (Å²) in [6, 6.07) is 7.67. The van der Waals surface area contributed by atoms with Crippen LogP contribution < -0.4 is 0 Å². The monoisotopic (exact) mass is 343 g/mol. The topological polar surface area (TPSA) is 38.8 Å². The number of amides is 1. The fourth-order valence-corrected chi connectivity index (χ4v) is 3.54. The van der Waals surface area contributed by atoms with Gasteiger partial charge in [0.05, 0.1) is 19.6 Å². The summed E-state index contributed by atoms with van der Waals surface area (Å²) in [7, 11) is 0. The third-order valence-corrected chi connectivity index (χ3v) is 4.64. The highest BCUT2D eigenvalue weighted by molar-refractivity contribution is 5.78. The zero-order valence-corrected chi connectivity index (χ0v) is 13.2. The summed E-state index contributed by atoms with van der Waals surface area (Å²) in [5.41, 5.74) is -2.16. The minimum atomic E-state index is -4.55. The van der Waals surface area contributed by atoms with Gasteiger partial charge in [-0.2, -0.15) is 13.2 Å². The lowest BCUT2D eigenvalue weighted by Gasteiger charge is -2.41. The molecule has 0 N–H and O–H groups in total. The van der Waals surface area contributed by atoms with Gasteiger partial charge >= 0.3 is 6.18 Å². The number of alkyl halides is 3. The summed E-state index contributed by atoms with van der Waals surface area (Å²) in [4.78, 5) is 13.6. The number of likely N-dealkylation sites (tertiary alicyclic amines) is 1. The molecule has 0 bridgehead atoms. The predicted octanol–water partition coefficient (Wildman–Crippen LogP) is 3.22. The molecule has 0 spiro atoms. The van der Waals surface area contributed by atoms with E-state index in [-0.39, 0.29) is 24.9 Å². The van der Waals surface area contributed by atoms with Crippen LogP contribution in [0.3, 0.4) is 0 Å². The third-order valence-electron chi connectivity index (χ3n) is 4.64. The van der Waals surface area contributed by atoms with E-state index in [1.54, 1.807) is 18.2 Å². The van der Waals surface area contributed by atoms with Crippen LogP contribution in [0.1, 0.15) is 31.2 Å². The van der Waals surface area contributed by atoms with Gasteiger partial charge < -0.3 is 14.4 Å². The quantitative estimate of drug-likeness (QED) is 0.846. The van der Waals surface area contributed by atoms with Gasteiger partial charge in [-0.25, -0.2) is 0 Å². The number of carbonyl (C=O) groups is 1. The van der Waals surface area contributed by atoms with Crippen LogP contribution in [0.25, 0.3) is 0 Å². The maximum Gasteiger partial charge on any atom is 0.415 e. The molecule has 2 saturated heterocycles. The Labute approximate surface area is 138 Å². The smallest absolute Gasteiger partial charge is 0.352 e. The van der Waals surface area contributed by atoms with Crippen LogP contribution in [-0.4, -0.2) is 43.0 Å². The van der Waals surface area contributed by atoms with E-state index in [4.69, 9.17) is 9.47 Å². The van der Waals surface area contributed by atoms with E-state index >= 15 is 0 Å². The average Bonchev–Trinajstić information content (AvgIpc) is 3.03.